The Bertz CT molecular complexity index is 646. The van der Waals surface area contributed by atoms with E-state index in [0.717, 1.165) is 13.2 Å². The highest BCUT2D eigenvalue weighted by Gasteiger charge is 2.33. The van der Waals surface area contributed by atoms with E-state index in [0.29, 0.717) is 0 Å². The van der Waals surface area contributed by atoms with Crippen LogP contribution in [0.2, 0.25) is 5.02 Å². The molecule has 0 amide bonds. The first-order chi connectivity index (χ1) is 10.5. The average molecular weight is 330 g/mol. The fourth-order valence-electron chi connectivity index (χ4n) is 2.03. The molecule has 0 saturated heterocycles. The van der Waals surface area contributed by atoms with E-state index in [4.69, 9.17) is 16.3 Å². The van der Waals surface area contributed by atoms with Gasteiger partial charge in [0, 0.05) is 5.02 Å². The predicted octanol–water partition coefficient (Wildman–Crippen LogP) is 1.87. The number of carbonyl (C=O) groups excluding carboxylic acids is 2. The summed E-state index contributed by atoms with van der Waals surface area (Å²) >= 11 is 5.87. The first-order valence-electron chi connectivity index (χ1n) is 6.19. The highest BCUT2D eigenvalue weighted by atomic mass is 35.5. The Morgan fingerprint density at radius 3 is 2.59 bits per heavy atom. The summed E-state index contributed by atoms with van der Waals surface area (Å²) in [6.07, 6.45) is 0. The van der Waals surface area contributed by atoms with E-state index in [2.05, 4.69) is 9.47 Å². The van der Waals surface area contributed by atoms with Gasteiger partial charge >= 0.3 is 11.9 Å². The summed E-state index contributed by atoms with van der Waals surface area (Å²) < 4.78 is 28.6. The zero-order chi connectivity index (χ0) is 16.3. The lowest BCUT2D eigenvalue weighted by Crippen LogP contribution is -2.39. The van der Waals surface area contributed by atoms with Crippen LogP contribution in [0.3, 0.4) is 0 Å². The van der Waals surface area contributed by atoms with Crippen molar-refractivity contribution in [3.63, 3.8) is 0 Å². The highest BCUT2D eigenvalue weighted by Crippen LogP contribution is 2.30. The maximum Gasteiger partial charge on any atom is 0.355 e. The number of halogens is 2. The summed E-state index contributed by atoms with van der Waals surface area (Å²) in [5.74, 6) is -2.18. The minimum Gasteiger partial charge on any atom is -0.466 e. The maximum absolute atomic E-state index is 14.1. The van der Waals surface area contributed by atoms with Gasteiger partial charge in [-0.15, -0.1) is 0 Å². The number of hydrogen-bond donors (Lipinski definition) is 0. The van der Waals surface area contributed by atoms with Crippen LogP contribution in [0.4, 0.5) is 10.1 Å². The third-order valence-electron chi connectivity index (χ3n) is 3.03. The van der Waals surface area contributed by atoms with Crippen molar-refractivity contribution in [3.05, 3.63) is 40.3 Å². The molecule has 0 atom stereocenters. The first kappa shape index (κ1) is 16.3. The van der Waals surface area contributed by atoms with Gasteiger partial charge in [0.05, 0.1) is 32.1 Å². The van der Waals surface area contributed by atoms with Crippen molar-refractivity contribution in [3.8, 4) is 0 Å². The molecule has 1 aliphatic rings. The normalized spacial score (nSPS) is 14.8. The summed E-state index contributed by atoms with van der Waals surface area (Å²) in [5.41, 5.74) is -0.198. The van der Waals surface area contributed by atoms with E-state index < -0.39 is 17.8 Å². The molecule has 1 heterocycles. The first-order valence-corrected chi connectivity index (χ1v) is 6.57. The molecular formula is C14H13ClFNO5. The van der Waals surface area contributed by atoms with E-state index in [1.165, 1.54) is 24.1 Å². The number of rotatable bonds is 3. The number of methoxy groups -OCH3 is 2. The minimum absolute atomic E-state index is 0.00555. The van der Waals surface area contributed by atoms with Crippen molar-refractivity contribution in [2.24, 2.45) is 0 Å². The van der Waals surface area contributed by atoms with Gasteiger partial charge in [-0.2, -0.15) is 0 Å². The molecule has 22 heavy (non-hydrogen) atoms. The molecule has 1 aromatic rings. The fraction of sp³-hybridized carbons (Fsp3) is 0.286. The van der Waals surface area contributed by atoms with Crippen molar-refractivity contribution in [1.29, 1.82) is 0 Å². The quantitative estimate of drug-likeness (QED) is 0.789. The molecule has 0 aromatic heterocycles. The smallest absolute Gasteiger partial charge is 0.355 e. The lowest BCUT2D eigenvalue weighted by molar-refractivity contribution is -0.140. The maximum atomic E-state index is 14.1. The van der Waals surface area contributed by atoms with E-state index in [1.807, 2.05) is 0 Å². The Morgan fingerprint density at radius 1 is 1.27 bits per heavy atom. The van der Waals surface area contributed by atoms with Gasteiger partial charge in [-0.25, -0.2) is 14.0 Å². The molecular weight excluding hydrogens is 317 g/mol. The van der Waals surface area contributed by atoms with Crippen LogP contribution in [0.5, 0.6) is 0 Å². The molecule has 8 heteroatoms. The molecule has 118 valence electrons. The molecule has 2 rings (SSSR count). The predicted molar refractivity (Wildman–Crippen MR) is 75.8 cm³/mol. The number of hydrogen-bond acceptors (Lipinski definition) is 6. The fourth-order valence-corrected chi connectivity index (χ4v) is 2.19. The molecule has 0 aliphatic carbocycles. The van der Waals surface area contributed by atoms with Crippen LogP contribution in [0.15, 0.2) is 29.5 Å². The van der Waals surface area contributed by atoms with E-state index >= 15 is 0 Å². The summed E-state index contributed by atoms with van der Waals surface area (Å²) in [6, 6.07) is 3.84. The lowest BCUT2D eigenvalue weighted by atomic mass is 10.1. The van der Waals surface area contributed by atoms with Crippen molar-refractivity contribution in [1.82, 2.24) is 0 Å². The topological polar surface area (TPSA) is 65.1 Å². The summed E-state index contributed by atoms with van der Waals surface area (Å²) in [6.45, 7) is -0.280. The molecule has 0 N–H and O–H groups in total. The summed E-state index contributed by atoms with van der Waals surface area (Å²) in [5, 5.41) is 0.269. The van der Waals surface area contributed by atoms with Crippen LogP contribution in [0.25, 0.3) is 0 Å². The minimum atomic E-state index is -0.803. The van der Waals surface area contributed by atoms with Crippen LogP contribution in [0, 0.1) is 5.82 Å². The molecule has 0 spiro atoms. The van der Waals surface area contributed by atoms with Crippen LogP contribution in [-0.4, -0.2) is 39.5 Å². The van der Waals surface area contributed by atoms with Crippen molar-refractivity contribution in [2.75, 3.05) is 32.5 Å². The van der Waals surface area contributed by atoms with Gasteiger partial charge in [0.1, 0.15) is 18.2 Å². The van der Waals surface area contributed by atoms with Crippen molar-refractivity contribution >= 4 is 29.2 Å². The highest BCUT2D eigenvalue weighted by molar-refractivity contribution is 6.30. The Kier molecular flexibility index (Phi) is 4.99. The van der Waals surface area contributed by atoms with Crippen molar-refractivity contribution < 1.29 is 28.2 Å². The van der Waals surface area contributed by atoms with Gasteiger partial charge in [-0.1, -0.05) is 11.6 Å². The number of anilines is 1. The summed E-state index contributed by atoms with van der Waals surface area (Å²) in [4.78, 5) is 25.0. The van der Waals surface area contributed by atoms with Crippen LogP contribution < -0.4 is 4.90 Å². The molecule has 1 aliphatic heterocycles. The zero-order valence-corrected chi connectivity index (χ0v) is 12.6. The Labute approximate surface area is 131 Å². The SMILES string of the molecule is COC(=O)C1=C(C(=O)OC)N(c2cc(Cl)ccc2F)COC1. The summed E-state index contributed by atoms with van der Waals surface area (Å²) in [7, 11) is 2.33. The van der Waals surface area contributed by atoms with Crippen LogP contribution >= 0.6 is 11.6 Å². The van der Waals surface area contributed by atoms with Gasteiger partial charge in [-0.3, -0.25) is 0 Å². The Hall–Kier alpha value is -2.12. The van der Waals surface area contributed by atoms with E-state index in [-0.39, 0.29) is 35.3 Å². The van der Waals surface area contributed by atoms with Gasteiger partial charge in [-0.05, 0) is 18.2 Å². The number of esters is 2. The molecule has 1 aromatic carbocycles. The Morgan fingerprint density at radius 2 is 1.95 bits per heavy atom. The van der Waals surface area contributed by atoms with Crippen LogP contribution in [-0.2, 0) is 23.8 Å². The second kappa shape index (κ2) is 6.76. The van der Waals surface area contributed by atoms with Gasteiger partial charge in [0.2, 0.25) is 0 Å². The Balaban J connectivity index is 2.60. The monoisotopic (exact) mass is 329 g/mol. The van der Waals surface area contributed by atoms with E-state index in [1.54, 1.807) is 0 Å². The second-order valence-corrected chi connectivity index (χ2v) is 4.75. The van der Waals surface area contributed by atoms with Gasteiger partial charge in [0.15, 0.2) is 0 Å². The molecule has 0 radical (unpaired) electrons. The van der Waals surface area contributed by atoms with E-state index in [9.17, 15) is 14.0 Å². The van der Waals surface area contributed by atoms with Gasteiger partial charge < -0.3 is 19.1 Å². The zero-order valence-electron chi connectivity index (χ0n) is 11.9. The molecule has 0 fully saturated rings. The lowest BCUT2D eigenvalue weighted by Gasteiger charge is -2.31. The number of benzene rings is 1. The number of nitrogens with zero attached hydrogens (tertiary/aromatic N) is 1. The van der Waals surface area contributed by atoms with Gasteiger partial charge in [0.25, 0.3) is 0 Å². The third-order valence-corrected chi connectivity index (χ3v) is 3.27. The molecule has 0 bridgehead atoms. The van der Waals surface area contributed by atoms with Crippen molar-refractivity contribution in [2.45, 2.75) is 0 Å². The van der Waals surface area contributed by atoms with Crippen LogP contribution in [0.1, 0.15) is 0 Å². The molecule has 6 nitrogen and oxygen atoms in total. The second-order valence-electron chi connectivity index (χ2n) is 4.31. The molecule has 0 saturated carbocycles. The average Bonchev–Trinajstić information content (AvgIpc) is 2.54. The third kappa shape index (κ3) is 3.05. The number of carbonyl (C=O) groups is 2. The number of ether oxygens (including phenoxy) is 3. The largest absolute Gasteiger partial charge is 0.466 e. The molecule has 0 unspecified atom stereocenters. The standard InChI is InChI=1S/C14H13ClFNO5/c1-20-13(18)9-6-22-7-17(12(9)14(19)21-2)11-5-8(15)3-4-10(11)16/h3-5H,6-7H2,1-2H3.